The van der Waals surface area contributed by atoms with E-state index in [1.807, 2.05) is 24.1 Å². The van der Waals surface area contributed by atoms with Crippen molar-refractivity contribution in [2.45, 2.75) is 57.0 Å². The summed E-state index contributed by atoms with van der Waals surface area (Å²) in [7, 11) is 3.68. The molecule has 1 unspecified atom stereocenters. The fourth-order valence-electron chi connectivity index (χ4n) is 6.49. The normalized spacial score (nSPS) is 20.5. The standard InChI is InChI=1S/C31H38N6O3/c1-35-28-25(14-22(16-27(28)39-2)31(38)36-11-3-4-23(32)18-36)34-30(35)26-15-21-7-8-24(20-9-12-40-13-10-20)33-29(21)37(26)17-19-5-6-19/h7-8,14-16,19-20,23H,3-6,9-13,17-18,32H2,1-2H3. The maximum Gasteiger partial charge on any atom is 0.254 e. The lowest BCUT2D eigenvalue weighted by Gasteiger charge is -2.30. The summed E-state index contributed by atoms with van der Waals surface area (Å²) < 4.78 is 15.9. The molecule has 4 aromatic rings. The summed E-state index contributed by atoms with van der Waals surface area (Å²) in [6.45, 7) is 3.84. The number of imidazole rings is 1. The summed E-state index contributed by atoms with van der Waals surface area (Å²) in [5.74, 6) is 2.59. The van der Waals surface area contributed by atoms with Crippen molar-refractivity contribution in [3.8, 4) is 17.3 Å². The monoisotopic (exact) mass is 542 g/mol. The Balaban J connectivity index is 1.32. The molecule has 2 saturated heterocycles. The minimum atomic E-state index is -0.0183. The summed E-state index contributed by atoms with van der Waals surface area (Å²) in [5, 5.41) is 1.13. The predicted octanol–water partition coefficient (Wildman–Crippen LogP) is 4.47. The molecular weight excluding hydrogens is 504 g/mol. The van der Waals surface area contributed by atoms with Crippen LogP contribution in [0.3, 0.4) is 0 Å². The second-order valence-corrected chi connectivity index (χ2v) is 11.8. The highest BCUT2D eigenvalue weighted by atomic mass is 16.5. The van der Waals surface area contributed by atoms with Crippen LogP contribution in [-0.4, -0.2) is 69.4 Å². The van der Waals surface area contributed by atoms with Gasteiger partial charge in [-0.15, -0.1) is 0 Å². The predicted molar refractivity (Wildman–Crippen MR) is 155 cm³/mol. The average Bonchev–Trinajstić information content (AvgIpc) is 3.65. The summed E-state index contributed by atoms with van der Waals surface area (Å²) in [6, 6.07) is 10.4. The molecule has 3 aliphatic rings. The molecular formula is C31H38N6O3. The molecule has 0 bridgehead atoms. The third-order valence-electron chi connectivity index (χ3n) is 8.92. The molecule has 0 radical (unpaired) electrons. The number of carbonyl (C=O) groups is 1. The molecule has 2 aliphatic heterocycles. The van der Waals surface area contributed by atoms with Crippen molar-refractivity contribution >= 4 is 28.0 Å². The molecule has 1 aromatic carbocycles. The van der Waals surface area contributed by atoms with E-state index in [9.17, 15) is 4.79 Å². The number of nitrogens with zero attached hydrogens (tertiary/aromatic N) is 5. The van der Waals surface area contributed by atoms with Gasteiger partial charge in [0.05, 0.1) is 18.3 Å². The first-order chi connectivity index (χ1) is 19.5. The first kappa shape index (κ1) is 25.5. The van der Waals surface area contributed by atoms with Crippen molar-refractivity contribution in [3.63, 3.8) is 0 Å². The Kier molecular flexibility index (Phi) is 6.51. The van der Waals surface area contributed by atoms with Gasteiger partial charge in [-0.1, -0.05) is 0 Å². The van der Waals surface area contributed by atoms with Crippen LogP contribution in [0.4, 0.5) is 0 Å². The fraction of sp³-hybridized carbons (Fsp3) is 0.516. The minimum Gasteiger partial charge on any atom is -0.494 e. The van der Waals surface area contributed by atoms with Gasteiger partial charge in [-0.3, -0.25) is 4.79 Å². The van der Waals surface area contributed by atoms with E-state index in [2.05, 4.69) is 27.3 Å². The zero-order valence-corrected chi connectivity index (χ0v) is 23.4. The maximum atomic E-state index is 13.4. The molecule has 9 heteroatoms. The fourth-order valence-corrected chi connectivity index (χ4v) is 6.49. The van der Waals surface area contributed by atoms with Gasteiger partial charge >= 0.3 is 0 Å². The molecule has 1 atom stereocenters. The number of aryl methyl sites for hydroxylation is 1. The number of ether oxygens (including phenoxy) is 2. The van der Waals surface area contributed by atoms with E-state index in [0.717, 1.165) is 91.3 Å². The third kappa shape index (κ3) is 4.55. The van der Waals surface area contributed by atoms with Gasteiger partial charge in [0.1, 0.15) is 16.9 Å². The second kappa shape index (κ2) is 10.2. The molecule has 1 aliphatic carbocycles. The van der Waals surface area contributed by atoms with Gasteiger partial charge < -0.3 is 29.2 Å². The molecule has 5 heterocycles. The summed E-state index contributed by atoms with van der Waals surface area (Å²) >= 11 is 0. The van der Waals surface area contributed by atoms with Crippen molar-refractivity contribution in [1.82, 2.24) is 24.0 Å². The number of methoxy groups -OCH3 is 1. The van der Waals surface area contributed by atoms with Crippen LogP contribution in [0.15, 0.2) is 30.3 Å². The van der Waals surface area contributed by atoms with E-state index in [0.29, 0.717) is 29.7 Å². The molecule has 1 amide bonds. The zero-order valence-electron chi connectivity index (χ0n) is 23.4. The number of nitrogens with two attached hydrogens (primary N) is 1. The van der Waals surface area contributed by atoms with Gasteiger partial charge in [0.15, 0.2) is 5.82 Å². The van der Waals surface area contributed by atoms with Gasteiger partial charge in [0.25, 0.3) is 5.91 Å². The lowest BCUT2D eigenvalue weighted by molar-refractivity contribution is 0.0708. The van der Waals surface area contributed by atoms with E-state index in [4.69, 9.17) is 25.2 Å². The quantitative estimate of drug-likeness (QED) is 0.386. The van der Waals surface area contributed by atoms with Crippen molar-refractivity contribution in [2.75, 3.05) is 33.4 Å². The van der Waals surface area contributed by atoms with Crippen LogP contribution in [0.1, 0.15) is 60.5 Å². The molecule has 210 valence electrons. The Hall–Kier alpha value is -3.43. The highest BCUT2D eigenvalue weighted by Gasteiger charge is 2.28. The number of amides is 1. The Morgan fingerprint density at radius 2 is 1.93 bits per heavy atom. The SMILES string of the molecule is COc1cc(C(=O)N2CCCC(N)C2)cc2nc(-c3cc4ccc(C5CCOCC5)nc4n3CC3CC3)n(C)c12. The van der Waals surface area contributed by atoms with E-state index in [1.54, 1.807) is 7.11 Å². The van der Waals surface area contributed by atoms with Crippen molar-refractivity contribution < 1.29 is 14.3 Å². The Bertz CT molecular complexity index is 1580. The van der Waals surface area contributed by atoms with E-state index < -0.39 is 0 Å². The molecule has 40 heavy (non-hydrogen) atoms. The molecule has 3 fully saturated rings. The van der Waals surface area contributed by atoms with E-state index in [1.165, 1.54) is 12.8 Å². The number of fused-ring (bicyclic) bond motifs is 2. The van der Waals surface area contributed by atoms with Crippen LogP contribution in [0, 0.1) is 5.92 Å². The summed E-state index contributed by atoms with van der Waals surface area (Å²) in [5.41, 5.74) is 11.6. The van der Waals surface area contributed by atoms with Crippen molar-refractivity contribution in [2.24, 2.45) is 18.7 Å². The van der Waals surface area contributed by atoms with Crippen LogP contribution in [0.25, 0.3) is 33.6 Å². The smallest absolute Gasteiger partial charge is 0.254 e. The van der Waals surface area contributed by atoms with Gasteiger partial charge in [-0.05, 0) is 74.8 Å². The second-order valence-electron chi connectivity index (χ2n) is 11.8. The van der Waals surface area contributed by atoms with Gasteiger partial charge in [-0.25, -0.2) is 9.97 Å². The Morgan fingerprint density at radius 1 is 1.10 bits per heavy atom. The van der Waals surface area contributed by atoms with Crippen molar-refractivity contribution in [3.05, 3.63) is 41.6 Å². The van der Waals surface area contributed by atoms with Crippen molar-refractivity contribution in [1.29, 1.82) is 0 Å². The lowest BCUT2D eigenvalue weighted by atomic mass is 9.96. The molecule has 1 saturated carbocycles. The van der Waals surface area contributed by atoms with Crippen LogP contribution in [0.2, 0.25) is 0 Å². The number of likely N-dealkylation sites (tertiary alicyclic amines) is 1. The summed E-state index contributed by atoms with van der Waals surface area (Å²) in [4.78, 5) is 25.6. The molecule has 3 aromatic heterocycles. The Morgan fingerprint density at radius 3 is 2.67 bits per heavy atom. The number of hydrogen-bond donors (Lipinski definition) is 1. The van der Waals surface area contributed by atoms with Crippen LogP contribution in [-0.2, 0) is 18.3 Å². The average molecular weight is 543 g/mol. The highest BCUT2D eigenvalue weighted by Crippen LogP contribution is 2.38. The van der Waals surface area contributed by atoms with Crippen LogP contribution < -0.4 is 10.5 Å². The molecule has 9 nitrogen and oxygen atoms in total. The number of pyridine rings is 1. The molecule has 7 rings (SSSR count). The number of hydrogen-bond acceptors (Lipinski definition) is 6. The van der Waals surface area contributed by atoms with E-state index >= 15 is 0 Å². The number of aromatic nitrogens is 4. The first-order valence-electron chi connectivity index (χ1n) is 14.7. The third-order valence-corrected chi connectivity index (χ3v) is 8.92. The number of rotatable bonds is 6. The topological polar surface area (TPSA) is 100 Å². The summed E-state index contributed by atoms with van der Waals surface area (Å²) in [6.07, 6.45) is 6.42. The molecule has 0 spiro atoms. The van der Waals surface area contributed by atoms with Gasteiger partial charge in [0.2, 0.25) is 0 Å². The van der Waals surface area contributed by atoms with Gasteiger partial charge in [0, 0.05) is 68.5 Å². The number of piperidine rings is 1. The maximum absolute atomic E-state index is 13.4. The largest absolute Gasteiger partial charge is 0.494 e. The first-order valence-corrected chi connectivity index (χ1v) is 14.7. The zero-order chi connectivity index (χ0) is 27.4. The highest BCUT2D eigenvalue weighted by molar-refractivity contribution is 6.00. The lowest BCUT2D eigenvalue weighted by Crippen LogP contribution is -2.45. The number of benzene rings is 1. The van der Waals surface area contributed by atoms with Crippen LogP contribution in [0.5, 0.6) is 5.75 Å². The Labute approximate surface area is 234 Å². The van der Waals surface area contributed by atoms with Gasteiger partial charge in [-0.2, -0.15) is 0 Å². The molecule has 2 N–H and O–H groups in total. The van der Waals surface area contributed by atoms with E-state index in [-0.39, 0.29) is 11.9 Å². The van der Waals surface area contributed by atoms with Crippen LogP contribution >= 0.6 is 0 Å². The minimum absolute atomic E-state index is 0.0183. The number of carbonyl (C=O) groups excluding carboxylic acids is 1.